The summed E-state index contributed by atoms with van der Waals surface area (Å²) in [6, 6.07) is 5.75. The van der Waals surface area contributed by atoms with Crippen molar-refractivity contribution in [3.8, 4) is 0 Å². The zero-order valence-electron chi connectivity index (χ0n) is 9.78. The van der Waals surface area contributed by atoms with Gasteiger partial charge in [-0.15, -0.1) is 0 Å². The maximum Gasteiger partial charge on any atom is 0.227 e. The van der Waals surface area contributed by atoms with Gasteiger partial charge in [-0.2, -0.15) is 12.6 Å². The fourth-order valence-corrected chi connectivity index (χ4v) is 2.52. The predicted molar refractivity (Wildman–Crippen MR) is 73.9 cm³/mol. The largest absolute Gasteiger partial charge is 0.312 e. The van der Waals surface area contributed by atoms with Gasteiger partial charge in [0.15, 0.2) is 0 Å². The van der Waals surface area contributed by atoms with E-state index in [2.05, 4.69) is 22.6 Å². The molecule has 0 radical (unpaired) electrons. The van der Waals surface area contributed by atoms with Gasteiger partial charge in [0.05, 0.1) is 11.0 Å². The van der Waals surface area contributed by atoms with Crippen molar-refractivity contribution in [1.82, 2.24) is 9.97 Å². The number of carbonyl (C=O) groups excluding carboxylic acids is 1. The number of rotatable bonds is 2. The number of hydrogen-bond acceptors (Lipinski definition) is 4. The summed E-state index contributed by atoms with van der Waals surface area (Å²) in [6.07, 6.45) is 3.91. The van der Waals surface area contributed by atoms with E-state index in [-0.39, 0.29) is 5.91 Å². The van der Waals surface area contributed by atoms with Crippen LogP contribution >= 0.6 is 12.6 Å². The average Bonchev–Trinajstić information content (AvgIpc) is 2.79. The van der Waals surface area contributed by atoms with E-state index in [9.17, 15) is 4.79 Å². The van der Waals surface area contributed by atoms with Gasteiger partial charge in [0.25, 0.3) is 0 Å². The molecule has 1 aromatic heterocycles. The van der Waals surface area contributed by atoms with Crippen LogP contribution in [0.5, 0.6) is 0 Å². The highest BCUT2D eigenvalue weighted by atomic mass is 32.1. The van der Waals surface area contributed by atoms with Gasteiger partial charge >= 0.3 is 0 Å². The van der Waals surface area contributed by atoms with Crippen LogP contribution in [-0.4, -0.2) is 28.2 Å². The predicted octanol–water partition coefficient (Wildman–Crippen LogP) is 1.91. The molecule has 2 heterocycles. The first kappa shape index (κ1) is 11.5. The van der Waals surface area contributed by atoms with E-state index in [0.29, 0.717) is 12.3 Å². The van der Waals surface area contributed by atoms with Gasteiger partial charge in [-0.1, -0.05) is 0 Å². The van der Waals surface area contributed by atoms with Crippen LogP contribution in [-0.2, 0) is 4.79 Å². The van der Waals surface area contributed by atoms with Crippen LogP contribution < -0.4 is 4.90 Å². The van der Waals surface area contributed by atoms with Crippen LogP contribution in [0.25, 0.3) is 11.0 Å². The highest BCUT2D eigenvalue weighted by Crippen LogP contribution is 2.27. The Morgan fingerprint density at radius 1 is 1.28 bits per heavy atom. The van der Waals surface area contributed by atoms with Gasteiger partial charge in [-0.3, -0.25) is 14.8 Å². The van der Waals surface area contributed by atoms with E-state index in [1.807, 2.05) is 23.1 Å². The number of amides is 1. The summed E-state index contributed by atoms with van der Waals surface area (Å²) in [5.74, 6) is 1.26. The molecule has 3 rings (SSSR count). The molecule has 0 aliphatic carbocycles. The summed E-state index contributed by atoms with van der Waals surface area (Å²) >= 11 is 4.27. The summed E-state index contributed by atoms with van der Waals surface area (Å²) in [4.78, 5) is 22.2. The molecule has 0 spiro atoms. The van der Waals surface area contributed by atoms with Crippen molar-refractivity contribution in [1.29, 1.82) is 0 Å². The summed E-state index contributed by atoms with van der Waals surface area (Å²) in [5, 5.41) is 0. The van der Waals surface area contributed by atoms with Crippen molar-refractivity contribution in [2.75, 3.05) is 17.2 Å². The molecule has 1 fully saturated rings. The minimum Gasteiger partial charge on any atom is -0.312 e. The minimum atomic E-state index is 0.164. The Bertz CT molecular complexity index is 602. The van der Waals surface area contributed by atoms with Gasteiger partial charge < -0.3 is 4.90 Å². The second kappa shape index (κ2) is 4.57. The van der Waals surface area contributed by atoms with Gasteiger partial charge in [0.1, 0.15) is 0 Å². The maximum atomic E-state index is 11.9. The fourth-order valence-electron chi connectivity index (χ4n) is 2.27. The highest BCUT2D eigenvalue weighted by molar-refractivity contribution is 7.80. The Labute approximate surface area is 110 Å². The topological polar surface area (TPSA) is 46.1 Å². The van der Waals surface area contributed by atoms with Gasteiger partial charge in [0.2, 0.25) is 5.91 Å². The summed E-state index contributed by atoms with van der Waals surface area (Å²) < 4.78 is 0. The first-order valence-corrected chi connectivity index (χ1v) is 6.53. The minimum absolute atomic E-state index is 0.164. The maximum absolute atomic E-state index is 11.9. The average molecular weight is 259 g/mol. The van der Waals surface area contributed by atoms with Crippen LogP contribution in [0, 0.1) is 5.92 Å². The Morgan fingerprint density at radius 3 is 2.78 bits per heavy atom. The SMILES string of the molecule is O=C1CC(CS)CN1c1ccc2nccnc2c1. The van der Waals surface area contributed by atoms with E-state index in [1.54, 1.807) is 12.4 Å². The third kappa shape index (κ3) is 1.95. The second-order valence-electron chi connectivity index (χ2n) is 4.49. The lowest BCUT2D eigenvalue weighted by Crippen LogP contribution is -2.24. The standard InChI is InChI=1S/C13H13N3OS/c17-13-5-9(8-18)7-16(13)10-1-2-11-12(6-10)15-4-3-14-11/h1-4,6,9,18H,5,7-8H2. The van der Waals surface area contributed by atoms with Crippen molar-refractivity contribution < 1.29 is 4.79 Å². The second-order valence-corrected chi connectivity index (χ2v) is 4.85. The number of anilines is 1. The van der Waals surface area contributed by atoms with Crippen LogP contribution in [0.1, 0.15) is 6.42 Å². The summed E-state index contributed by atoms with van der Waals surface area (Å²) in [7, 11) is 0. The molecule has 5 heteroatoms. The summed E-state index contributed by atoms with van der Waals surface area (Å²) in [6.45, 7) is 0.744. The molecule has 1 atom stereocenters. The molecule has 1 aromatic carbocycles. The third-order valence-corrected chi connectivity index (χ3v) is 3.74. The lowest BCUT2D eigenvalue weighted by molar-refractivity contribution is -0.117. The number of hydrogen-bond donors (Lipinski definition) is 1. The van der Waals surface area contributed by atoms with Crippen molar-refractivity contribution in [3.05, 3.63) is 30.6 Å². The number of aromatic nitrogens is 2. The zero-order valence-corrected chi connectivity index (χ0v) is 10.7. The monoisotopic (exact) mass is 259 g/mol. The molecular weight excluding hydrogens is 246 g/mol. The third-order valence-electron chi connectivity index (χ3n) is 3.23. The van der Waals surface area contributed by atoms with Crippen LogP contribution in [0.4, 0.5) is 5.69 Å². The lowest BCUT2D eigenvalue weighted by Gasteiger charge is -2.16. The van der Waals surface area contributed by atoms with Crippen molar-refractivity contribution in [3.63, 3.8) is 0 Å². The van der Waals surface area contributed by atoms with E-state index in [0.717, 1.165) is 29.0 Å². The Balaban J connectivity index is 1.97. The molecule has 1 amide bonds. The molecule has 0 N–H and O–H groups in total. The molecule has 1 unspecified atom stereocenters. The van der Waals surface area contributed by atoms with Crippen molar-refractivity contribution >= 4 is 35.3 Å². The van der Waals surface area contributed by atoms with E-state index < -0.39 is 0 Å². The number of nitrogens with zero attached hydrogens (tertiary/aromatic N) is 3. The molecule has 92 valence electrons. The Hall–Kier alpha value is -1.62. The van der Waals surface area contributed by atoms with Crippen LogP contribution in [0.2, 0.25) is 0 Å². The fraction of sp³-hybridized carbons (Fsp3) is 0.308. The molecule has 18 heavy (non-hydrogen) atoms. The van der Waals surface area contributed by atoms with Crippen molar-refractivity contribution in [2.45, 2.75) is 6.42 Å². The normalized spacial score (nSPS) is 19.7. The summed E-state index contributed by atoms with van der Waals surface area (Å²) in [5.41, 5.74) is 2.56. The number of fused-ring (bicyclic) bond motifs is 1. The van der Waals surface area contributed by atoms with Gasteiger partial charge in [-0.25, -0.2) is 0 Å². The van der Waals surface area contributed by atoms with Crippen LogP contribution in [0.3, 0.4) is 0 Å². The number of thiol groups is 1. The lowest BCUT2D eigenvalue weighted by atomic mass is 10.1. The first-order valence-electron chi connectivity index (χ1n) is 5.90. The molecule has 1 saturated heterocycles. The van der Waals surface area contributed by atoms with E-state index in [1.165, 1.54) is 0 Å². The van der Waals surface area contributed by atoms with Crippen LogP contribution in [0.15, 0.2) is 30.6 Å². The molecule has 0 bridgehead atoms. The Kier molecular flexibility index (Phi) is 2.91. The van der Waals surface area contributed by atoms with E-state index in [4.69, 9.17) is 0 Å². The number of carbonyl (C=O) groups is 1. The zero-order chi connectivity index (χ0) is 12.5. The van der Waals surface area contributed by atoms with Gasteiger partial charge in [0, 0.05) is 31.0 Å². The molecule has 0 saturated carbocycles. The quantitative estimate of drug-likeness (QED) is 0.838. The highest BCUT2D eigenvalue weighted by Gasteiger charge is 2.29. The molecule has 1 aliphatic heterocycles. The van der Waals surface area contributed by atoms with Gasteiger partial charge in [-0.05, 0) is 29.9 Å². The molecule has 4 nitrogen and oxygen atoms in total. The van der Waals surface area contributed by atoms with E-state index >= 15 is 0 Å². The Morgan fingerprint density at radius 2 is 2.06 bits per heavy atom. The molecule has 2 aromatic rings. The smallest absolute Gasteiger partial charge is 0.227 e. The number of benzene rings is 1. The molecular formula is C13H13N3OS. The van der Waals surface area contributed by atoms with Crippen molar-refractivity contribution in [2.24, 2.45) is 5.92 Å². The first-order chi connectivity index (χ1) is 8.78. The molecule has 1 aliphatic rings.